The van der Waals surface area contributed by atoms with Gasteiger partial charge in [-0.15, -0.1) is 0 Å². The largest absolute Gasteiger partial charge is 0.458 e. The highest BCUT2D eigenvalue weighted by Gasteiger charge is 2.45. The highest BCUT2D eigenvalue weighted by atomic mass is 28.3. The van der Waals surface area contributed by atoms with Gasteiger partial charge < -0.3 is 14.4 Å². The smallest absolute Gasteiger partial charge is 0.420 e. The fourth-order valence-electron chi connectivity index (χ4n) is 12.8. The van der Waals surface area contributed by atoms with Crippen molar-refractivity contribution in [2.75, 3.05) is 9.62 Å². The van der Waals surface area contributed by atoms with Crippen LogP contribution in [-0.2, 0) is 5.41 Å². The average molecular weight is 1060 g/mol. The van der Waals surface area contributed by atoms with Crippen molar-refractivity contribution >= 4 is 86.5 Å². The van der Waals surface area contributed by atoms with Gasteiger partial charge in [-0.3, -0.25) is 13.7 Å². The maximum absolute atomic E-state index is 7.06. The molecule has 2 aliphatic rings. The minimum atomic E-state index is -2.13. The van der Waals surface area contributed by atoms with Crippen molar-refractivity contribution in [3.8, 4) is 50.9 Å². The van der Waals surface area contributed by atoms with Gasteiger partial charge in [-0.1, -0.05) is 198 Å². The van der Waals surface area contributed by atoms with E-state index in [-0.39, 0.29) is 12.4 Å². The molecule has 0 spiro atoms. The van der Waals surface area contributed by atoms with Crippen LogP contribution in [0.25, 0.3) is 72.3 Å². The highest BCUT2D eigenvalue weighted by Crippen LogP contribution is 2.50. The van der Waals surface area contributed by atoms with Crippen LogP contribution in [0, 0.1) is 6.33 Å². The fraction of sp³-hybridized carbons (Fsp3) is 0.0833. The first-order valence-electron chi connectivity index (χ1n) is 28.0. The number of anilines is 4. The number of pyridine rings is 1. The predicted octanol–water partition coefficient (Wildman–Crippen LogP) is 15.4. The van der Waals surface area contributed by atoms with Gasteiger partial charge >= 0.3 is 6.98 Å². The Morgan fingerprint density at radius 1 is 0.494 bits per heavy atom. The van der Waals surface area contributed by atoms with Gasteiger partial charge in [0.25, 0.3) is 6.33 Å². The van der Waals surface area contributed by atoms with E-state index in [0.717, 1.165) is 106 Å². The molecule has 9 heteroatoms. The number of nitrogens with zero attached hydrogens (tertiary/aromatic N) is 6. The summed E-state index contributed by atoms with van der Waals surface area (Å²) in [6.07, 6.45) is 5.72. The molecule has 0 saturated heterocycles. The lowest BCUT2D eigenvalue weighted by Crippen LogP contribution is -2.57. The molecule has 7 nitrogen and oxygen atoms in total. The number of imidazole rings is 1. The van der Waals surface area contributed by atoms with Crippen molar-refractivity contribution in [3.63, 3.8) is 0 Å². The predicted molar refractivity (Wildman–Crippen MR) is 338 cm³/mol. The van der Waals surface area contributed by atoms with Crippen molar-refractivity contribution in [2.24, 2.45) is 0 Å². The maximum Gasteiger partial charge on any atom is 0.420 e. The summed E-state index contributed by atoms with van der Waals surface area (Å²) in [6.45, 7) is 11.4. The Hall–Kier alpha value is -9.70. The number of rotatable bonds is 9. The molecule has 0 amide bonds. The zero-order valence-electron chi connectivity index (χ0n) is 45.9. The Morgan fingerprint density at radius 2 is 1.09 bits per heavy atom. The third-order valence-electron chi connectivity index (χ3n) is 16.8. The lowest BCUT2D eigenvalue weighted by Gasteiger charge is -2.32. The molecule has 3 aromatic heterocycles. The van der Waals surface area contributed by atoms with Gasteiger partial charge in [-0.25, -0.2) is 4.98 Å². The van der Waals surface area contributed by atoms with Crippen LogP contribution in [0.1, 0.15) is 26.3 Å². The molecular formula is C72H57BN6OSi. The van der Waals surface area contributed by atoms with E-state index in [1.54, 1.807) is 0 Å². The van der Waals surface area contributed by atoms with E-state index in [1.807, 2.05) is 6.20 Å². The molecule has 10 aromatic carbocycles. The SMILES string of the molecule is CC(C)(C)c1ccnc(-n2c3ccc(B4N(c5ccccc5-c5ccccc5)c5ccccc5N4c4ccccc4-c4ccccc4)cc3c3ccc(Oc4ccc5c(c4)-n4[c-][n+](-c6ccccc6)c6cccc(c64)[Si]5(C)C)cc32)c1. The first-order chi connectivity index (χ1) is 39.6. The summed E-state index contributed by atoms with van der Waals surface area (Å²) >= 11 is 0. The summed E-state index contributed by atoms with van der Waals surface area (Å²) in [5.74, 6) is 2.37. The van der Waals surface area contributed by atoms with Gasteiger partial charge in [0, 0.05) is 45.5 Å². The van der Waals surface area contributed by atoms with Crippen molar-refractivity contribution in [1.82, 2.24) is 14.1 Å². The second-order valence-electron chi connectivity index (χ2n) is 23.0. The van der Waals surface area contributed by atoms with E-state index in [4.69, 9.17) is 9.72 Å². The van der Waals surface area contributed by atoms with Crippen LogP contribution in [0.2, 0.25) is 13.1 Å². The Balaban J connectivity index is 0.916. The van der Waals surface area contributed by atoms with Gasteiger partial charge in [0.05, 0.1) is 44.8 Å². The highest BCUT2D eigenvalue weighted by molar-refractivity contribution is 7.02. The number of fused-ring (bicyclic) bond motifs is 6. The van der Waals surface area contributed by atoms with Crippen LogP contribution in [-0.4, -0.2) is 29.2 Å². The standard InChI is InChI=1S/C72H57BN6OSi/c1-72(2,3)51-42-43-74-70(44-51)77-60-40-36-52(73-78(61-30-17-15-28-56(61)49-22-9-6-10-23-49)63-32-19-20-33-64(63)79(73)62-31-18-16-29-57(62)50-24-11-7-12-25-50)45-59(60)58-39-37-54(46-66(58)77)80-55-38-41-68-67(47-55)76-48-75(53-26-13-8-14-27-53)65-34-21-35-69(71(65)76)81(68,4)5/h6-47H,1-5H3. The quantitative estimate of drug-likeness (QED) is 0.0821. The van der Waals surface area contributed by atoms with E-state index < -0.39 is 8.07 Å². The topological polar surface area (TPSA) is 42.3 Å². The molecule has 0 N–H and O–H groups in total. The summed E-state index contributed by atoms with van der Waals surface area (Å²) in [5.41, 5.74) is 18.1. The maximum atomic E-state index is 7.06. The Bertz CT molecular complexity index is 4490. The van der Waals surface area contributed by atoms with Crippen molar-refractivity contribution in [1.29, 1.82) is 0 Å². The molecule has 0 aliphatic carbocycles. The summed E-state index contributed by atoms with van der Waals surface area (Å²) < 4.78 is 13.8. The molecule has 0 fully saturated rings. The molecule has 0 bridgehead atoms. The van der Waals surface area contributed by atoms with Crippen LogP contribution in [0.5, 0.6) is 11.5 Å². The van der Waals surface area contributed by atoms with Gasteiger partial charge in [0.2, 0.25) is 0 Å². The molecule has 388 valence electrons. The van der Waals surface area contributed by atoms with Gasteiger partial charge in [0.15, 0.2) is 0 Å². The second-order valence-corrected chi connectivity index (χ2v) is 27.3. The molecule has 13 aromatic rings. The molecular weight excluding hydrogens is 1000 g/mol. The van der Waals surface area contributed by atoms with E-state index in [9.17, 15) is 0 Å². The van der Waals surface area contributed by atoms with Gasteiger partial charge in [-0.2, -0.15) is 0 Å². The van der Waals surface area contributed by atoms with Gasteiger partial charge in [0.1, 0.15) is 25.4 Å². The molecule has 81 heavy (non-hydrogen) atoms. The van der Waals surface area contributed by atoms with E-state index in [2.05, 4.69) is 312 Å². The number of aromatic nitrogens is 4. The van der Waals surface area contributed by atoms with Crippen LogP contribution >= 0.6 is 0 Å². The molecule has 0 atom stereocenters. The fourth-order valence-corrected chi connectivity index (χ4v) is 15.8. The van der Waals surface area contributed by atoms with Crippen LogP contribution in [0.4, 0.5) is 22.7 Å². The minimum Gasteiger partial charge on any atom is -0.458 e. The first kappa shape index (κ1) is 48.4. The normalized spacial score (nSPS) is 13.5. The van der Waals surface area contributed by atoms with Crippen molar-refractivity contribution in [2.45, 2.75) is 39.3 Å². The third-order valence-corrected chi connectivity index (χ3v) is 20.3. The van der Waals surface area contributed by atoms with Crippen LogP contribution in [0.3, 0.4) is 0 Å². The second kappa shape index (κ2) is 18.7. The summed E-state index contributed by atoms with van der Waals surface area (Å²) in [4.78, 5) is 10.2. The molecule has 0 radical (unpaired) electrons. The van der Waals surface area contributed by atoms with Gasteiger partial charge in [-0.05, 0) is 117 Å². The van der Waals surface area contributed by atoms with E-state index in [0.29, 0.717) is 0 Å². The van der Waals surface area contributed by atoms with Crippen molar-refractivity contribution < 1.29 is 9.30 Å². The van der Waals surface area contributed by atoms with Crippen LogP contribution < -0.4 is 34.8 Å². The summed E-state index contributed by atoms with van der Waals surface area (Å²) in [7, 11) is -2.13. The molecule has 0 saturated carbocycles. The number of hydrogen-bond acceptors (Lipinski definition) is 4. The number of benzene rings is 10. The van der Waals surface area contributed by atoms with Crippen LogP contribution in [0.15, 0.2) is 255 Å². The number of para-hydroxylation sites is 6. The zero-order chi connectivity index (χ0) is 54.6. The molecule has 15 rings (SSSR count). The minimum absolute atomic E-state index is 0.0954. The van der Waals surface area contributed by atoms with Crippen molar-refractivity contribution in [3.05, 3.63) is 267 Å². The lowest BCUT2D eigenvalue weighted by atomic mass is 9.63. The third kappa shape index (κ3) is 7.86. The Labute approximate surface area is 474 Å². The monoisotopic (exact) mass is 1060 g/mol. The first-order valence-corrected chi connectivity index (χ1v) is 31.0. The average Bonchev–Trinajstić information content (AvgIpc) is 4.22. The Morgan fingerprint density at radius 3 is 1.74 bits per heavy atom. The summed E-state index contributed by atoms with van der Waals surface area (Å²) in [5, 5.41) is 4.99. The van der Waals surface area contributed by atoms with E-state index in [1.165, 1.54) is 21.5 Å². The Kier molecular flexibility index (Phi) is 11.2. The number of hydrogen-bond donors (Lipinski definition) is 0. The zero-order valence-corrected chi connectivity index (χ0v) is 46.9. The summed E-state index contributed by atoms with van der Waals surface area (Å²) in [6, 6.07) is 90.1. The molecule has 0 unspecified atom stereocenters. The van der Waals surface area contributed by atoms with E-state index >= 15 is 0 Å². The molecule has 2 aliphatic heterocycles. The molecule has 5 heterocycles. The lowest BCUT2D eigenvalue weighted by molar-refractivity contribution is -0.572. The number of ether oxygens (including phenoxy) is 1.